The molecule has 1 unspecified atom stereocenters. The van der Waals surface area contributed by atoms with Crippen LogP contribution < -0.4 is 11.3 Å². The molecule has 3 rings (SSSR count). The van der Waals surface area contributed by atoms with Crippen molar-refractivity contribution in [2.75, 3.05) is 7.05 Å². The summed E-state index contributed by atoms with van der Waals surface area (Å²) in [7, 11) is 1.55. The maximum atomic E-state index is 13.4. The number of nitrogens with two attached hydrogens (primary N) is 1. The number of carbonyl (C=O) groups is 1. The summed E-state index contributed by atoms with van der Waals surface area (Å²) < 4.78 is 13.4. The lowest BCUT2D eigenvalue weighted by Crippen LogP contribution is -2.38. The second-order valence-corrected chi connectivity index (χ2v) is 5.55. The van der Waals surface area contributed by atoms with Gasteiger partial charge in [-0.15, -0.1) is 0 Å². The monoisotopic (exact) mass is 314 g/mol. The summed E-state index contributed by atoms with van der Waals surface area (Å²) in [6.07, 6.45) is 0.997. The molecule has 1 amide bonds. The molecule has 0 aliphatic carbocycles. The number of pyridine rings is 1. The van der Waals surface area contributed by atoms with E-state index in [4.69, 9.17) is 5.73 Å². The van der Waals surface area contributed by atoms with Crippen molar-refractivity contribution in [2.24, 2.45) is 10.7 Å². The second-order valence-electron chi connectivity index (χ2n) is 5.55. The predicted octanol–water partition coefficient (Wildman–Crippen LogP) is 1.18. The molecule has 23 heavy (non-hydrogen) atoms. The van der Waals surface area contributed by atoms with Crippen molar-refractivity contribution in [3.8, 4) is 11.1 Å². The molecular formula is C16H15FN4O2. The molecule has 1 aromatic carbocycles. The van der Waals surface area contributed by atoms with Crippen LogP contribution in [0, 0.1) is 5.82 Å². The van der Waals surface area contributed by atoms with E-state index in [2.05, 4.69) is 9.98 Å². The Balaban J connectivity index is 2.13. The molecule has 6 nitrogen and oxygen atoms in total. The number of hydrogen-bond donors (Lipinski definition) is 2. The van der Waals surface area contributed by atoms with E-state index in [1.165, 1.54) is 4.90 Å². The third-order valence-electron chi connectivity index (χ3n) is 4.01. The zero-order valence-corrected chi connectivity index (χ0v) is 12.6. The summed E-state index contributed by atoms with van der Waals surface area (Å²) in [5.41, 5.74) is 5.42. The summed E-state index contributed by atoms with van der Waals surface area (Å²) >= 11 is 0. The Labute approximate surface area is 131 Å². The number of halogens is 1. The fourth-order valence-corrected chi connectivity index (χ4v) is 2.63. The van der Waals surface area contributed by atoms with Gasteiger partial charge < -0.3 is 10.7 Å². The van der Waals surface area contributed by atoms with Gasteiger partial charge in [0.1, 0.15) is 5.82 Å². The number of guanidine groups is 1. The van der Waals surface area contributed by atoms with Crippen LogP contribution in [0.2, 0.25) is 0 Å². The molecule has 0 radical (unpaired) electrons. The van der Waals surface area contributed by atoms with Crippen LogP contribution >= 0.6 is 0 Å². The van der Waals surface area contributed by atoms with Crippen molar-refractivity contribution in [3.63, 3.8) is 0 Å². The Morgan fingerprint density at radius 3 is 2.70 bits per heavy atom. The van der Waals surface area contributed by atoms with Crippen molar-refractivity contribution < 1.29 is 9.18 Å². The number of likely N-dealkylation sites (N-methyl/N-ethyl adjacent to an activating group) is 1. The fraction of sp³-hybridized carbons (Fsp3) is 0.188. The quantitative estimate of drug-likeness (QED) is 0.872. The van der Waals surface area contributed by atoms with Gasteiger partial charge in [-0.25, -0.2) is 9.38 Å². The molecule has 2 aromatic rings. The maximum Gasteiger partial charge on any atom is 0.261 e. The molecule has 7 heteroatoms. The predicted molar refractivity (Wildman–Crippen MR) is 84.2 cm³/mol. The van der Waals surface area contributed by atoms with Crippen molar-refractivity contribution in [1.82, 2.24) is 9.88 Å². The Morgan fingerprint density at radius 1 is 1.30 bits per heavy atom. The van der Waals surface area contributed by atoms with E-state index in [1.807, 2.05) is 0 Å². The van der Waals surface area contributed by atoms with Gasteiger partial charge in [-0.3, -0.25) is 14.5 Å². The number of nitrogens with one attached hydrogen (secondary N) is 1. The minimum absolute atomic E-state index is 0.131. The van der Waals surface area contributed by atoms with Gasteiger partial charge in [0, 0.05) is 18.8 Å². The largest absolute Gasteiger partial charge is 0.369 e. The van der Waals surface area contributed by atoms with Gasteiger partial charge in [-0.2, -0.15) is 0 Å². The van der Waals surface area contributed by atoms with Crippen LogP contribution in [0.1, 0.15) is 12.5 Å². The van der Waals surface area contributed by atoms with Gasteiger partial charge >= 0.3 is 0 Å². The van der Waals surface area contributed by atoms with E-state index < -0.39 is 16.9 Å². The van der Waals surface area contributed by atoms with Crippen molar-refractivity contribution in [1.29, 1.82) is 0 Å². The topological polar surface area (TPSA) is 91.5 Å². The number of H-pyrrole nitrogens is 1. The minimum atomic E-state index is -1.16. The van der Waals surface area contributed by atoms with E-state index in [0.717, 1.165) is 12.3 Å². The summed E-state index contributed by atoms with van der Waals surface area (Å²) in [5, 5.41) is 0. The number of rotatable bonds is 2. The highest BCUT2D eigenvalue weighted by Gasteiger charge is 2.43. The minimum Gasteiger partial charge on any atom is -0.369 e. The molecule has 1 atom stereocenters. The Hall–Kier alpha value is -2.96. The maximum absolute atomic E-state index is 13.4. The first-order valence-corrected chi connectivity index (χ1v) is 6.95. The van der Waals surface area contributed by atoms with Crippen LogP contribution in [0.15, 0.2) is 46.3 Å². The number of nitrogens with zero attached hydrogens (tertiary/aromatic N) is 2. The zero-order valence-electron chi connectivity index (χ0n) is 12.6. The summed E-state index contributed by atoms with van der Waals surface area (Å²) in [5.74, 6) is -0.679. The average Bonchev–Trinajstić information content (AvgIpc) is 2.74. The number of hydrogen-bond acceptors (Lipinski definition) is 4. The molecule has 0 spiro atoms. The molecule has 1 aromatic heterocycles. The van der Waals surface area contributed by atoms with E-state index in [1.54, 1.807) is 38.2 Å². The van der Waals surface area contributed by atoms with Crippen LogP contribution in [0.5, 0.6) is 0 Å². The van der Waals surface area contributed by atoms with Crippen LogP contribution in [0.25, 0.3) is 11.1 Å². The molecule has 0 bridgehead atoms. The lowest BCUT2D eigenvalue weighted by atomic mass is 9.90. The Kier molecular flexibility index (Phi) is 3.28. The van der Waals surface area contributed by atoms with E-state index in [9.17, 15) is 14.0 Å². The molecule has 2 heterocycles. The smallest absolute Gasteiger partial charge is 0.261 e. The number of carbonyl (C=O) groups excluding carboxylic acids is 1. The van der Waals surface area contributed by atoms with Gasteiger partial charge in [0.2, 0.25) is 0 Å². The fourth-order valence-electron chi connectivity index (χ4n) is 2.63. The highest BCUT2D eigenvalue weighted by Crippen LogP contribution is 2.33. The molecule has 0 saturated heterocycles. The van der Waals surface area contributed by atoms with Crippen LogP contribution in [-0.4, -0.2) is 28.8 Å². The Bertz CT molecular complexity index is 890. The van der Waals surface area contributed by atoms with Gasteiger partial charge in [-0.1, -0.05) is 18.2 Å². The summed E-state index contributed by atoms with van der Waals surface area (Å²) in [4.78, 5) is 32.2. The first kappa shape index (κ1) is 15.0. The van der Waals surface area contributed by atoms with Crippen molar-refractivity contribution in [2.45, 2.75) is 12.5 Å². The molecule has 3 N–H and O–H groups in total. The highest BCUT2D eigenvalue weighted by molar-refractivity contribution is 6.06. The number of aromatic amines is 1. The number of aromatic nitrogens is 1. The van der Waals surface area contributed by atoms with Crippen LogP contribution in [-0.2, 0) is 10.3 Å². The molecule has 1 aliphatic heterocycles. The first-order chi connectivity index (χ1) is 10.8. The molecule has 0 saturated carbocycles. The summed E-state index contributed by atoms with van der Waals surface area (Å²) in [6, 6.07) is 7.90. The third-order valence-corrected chi connectivity index (χ3v) is 4.01. The highest BCUT2D eigenvalue weighted by atomic mass is 19.1. The van der Waals surface area contributed by atoms with Gasteiger partial charge in [0.05, 0.1) is 0 Å². The molecule has 118 valence electrons. The average molecular weight is 314 g/mol. The normalized spacial score (nSPS) is 20.7. The first-order valence-electron chi connectivity index (χ1n) is 6.95. The van der Waals surface area contributed by atoms with E-state index in [-0.39, 0.29) is 17.4 Å². The third kappa shape index (κ3) is 2.30. The zero-order chi connectivity index (χ0) is 16.8. The number of amides is 1. The van der Waals surface area contributed by atoms with E-state index >= 15 is 0 Å². The number of aliphatic imine (C=N–C) groups is 1. The lowest BCUT2D eigenvalue weighted by molar-refractivity contribution is -0.130. The van der Waals surface area contributed by atoms with Gasteiger partial charge in [0.15, 0.2) is 11.5 Å². The summed E-state index contributed by atoms with van der Waals surface area (Å²) in [6.45, 7) is 1.65. The standard InChI is InChI=1S/C16H15FN4O2/c1-16(14(23)21(2)15(18)20-16)10-5-3-4-9(6-10)12-7-11(17)8-19-13(12)22/h3-8H,1-2H3,(H2,18,20)(H,19,22). The lowest BCUT2D eigenvalue weighted by Gasteiger charge is -2.21. The second kappa shape index (κ2) is 5.05. The molecule has 1 aliphatic rings. The molecular weight excluding hydrogens is 299 g/mol. The van der Waals surface area contributed by atoms with Crippen molar-refractivity contribution in [3.05, 3.63) is 58.3 Å². The van der Waals surface area contributed by atoms with Crippen LogP contribution in [0.3, 0.4) is 0 Å². The van der Waals surface area contributed by atoms with Gasteiger partial charge in [-0.05, 0) is 30.2 Å². The van der Waals surface area contributed by atoms with Crippen LogP contribution in [0.4, 0.5) is 4.39 Å². The number of benzene rings is 1. The molecule has 0 fully saturated rings. The SMILES string of the molecule is CN1C(=O)C(C)(c2cccc(-c3cc(F)c[nH]c3=O)c2)N=C1N. The van der Waals surface area contributed by atoms with Crippen molar-refractivity contribution >= 4 is 11.9 Å². The van der Waals surface area contributed by atoms with E-state index in [0.29, 0.717) is 11.1 Å². The van der Waals surface area contributed by atoms with Gasteiger partial charge in [0.25, 0.3) is 11.5 Å². The Morgan fingerprint density at radius 2 is 2.04 bits per heavy atom.